The predicted molar refractivity (Wildman–Crippen MR) is 93.6 cm³/mol. The molecular formula is C17H29BrN2. The van der Waals surface area contributed by atoms with Crippen LogP contribution >= 0.6 is 15.9 Å². The third-order valence-corrected chi connectivity index (χ3v) is 4.41. The fourth-order valence-electron chi connectivity index (χ4n) is 2.48. The molecule has 0 heterocycles. The Labute approximate surface area is 133 Å². The van der Waals surface area contributed by atoms with Crippen molar-refractivity contribution in [3.05, 3.63) is 28.2 Å². The van der Waals surface area contributed by atoms with Gasteiger partial charge in [-0.3, -0.25) is 0 Å². The zero-order valence-corrected chi connectivity index (χ0v) is 15.1. The smallest absolute Gasteiger partial charge is 0.0415 e. The highest BCUT2D eigenvalue weighted by Gasteiger charge is 2.16. The third kappa shape index (κ3) is 4.78. The Kier molecular flexibility index (Phi) is 7.60. The van der Waals surface area contributed by atoms with E-state index in [0.717, 1.165) is 30.0 Å². The lowest BCUT2D eigenvalue weighted by Crippen LogP contribution is -2.30. The largest absolute Gasteiger partial charge is 0.371 e. The maximum absolute atomic E-state index is 3.60. The van der Waals surface area contributed by atoms with Crippen molar-refractivity contribution in [3.63, 3.8) is 0 Å². The van der Waals surface area contributed by atoms with Crippen LogP contribution in [0.1, 0.15) is 52.6 Å². The Morgan fingerprint density at radius 2 is 1.90 bits per heavy atom. The molecule has 0 aliphatic heterocycles. The summed E-state index contributed by atoms with van der Waals surface area (Å²) < 4.78 is 1.15. The van der Waals surface area contributed by atoms with E-state index in [1.165, 1.54) is 17.7 Å². The van der Waals surface area contributed by atoms with Crippen LogP contribution in [0.2, 0.25) is 0 Å². The summed E-state index contributed by atoms with van der Waals surface area (Å²) in [5, 5.41) is 3.53. The van der Waals surface area contributed by atoms with E-state index in [2.05, 4.69) is 79.0 Å². The first kappa shape index (κ1) is 17.5. The number of hydrogen-bond acceptors (Lipinski definition) is 2. The Balaban J connectivity index is 3.07. The summed E-state index contributed by atoms with van der Waals surface area (Å²) in [6, 6.07) is 7.02. The molecule has 2 atom stereocenters. The van der Waals surface area contributed by atoms with E-state index in [0.29, 0.717) is 6.04 Å². The van der Waals surface area contributed by atoms with E-state index in [9.17, 15) is 0 Å². The molecule has 1 aromatic carbocycles. The number of rotatable bonds is 8. The quantitative estimate of drug-likeness (QED) is 0.716. The summed E-state index contributed by atoms with van der Waals surface area (Å²) in [5.74, 6) is 0.723. The average molecular weight is 341 g/mol. The summed E-state index contributed by atoms with van der Waals surface area (Å²) in [6.45, 7) is 14.4. The minimum Gasteiger partial charge on any atom is -0.371 e. The molecule has 2 unspecified atom stereocenters. The molecule has 0 amide bonds. The molecule has 0 aliphatic rings. The monoisotopic (exact) mass is 340 g/mol. The zero-order chi connectivity index (χ0) is 15.1. The number of anilines is 1. The lowest BCUT2D eigenvalue weighted by atomic mass is 10.0. The first-order valence-corrected chi connectivity index (χ1v) is 8.60. The van der Waals surface area contributed by atoms with Gasteiger partial charge in [-0.2, -0.15) is 0 Å². The number of benzene rings is 1. The van der Waals surface area contributed by atoms with Crippen molar-refractivity contribution in [1.82, 2.24) is 5.32 Å². The van der Waals surface area contributed by atoms with Crippen LogP contribution in [-0.2, 0) is 0 Å². The Morgan fingerprint density at radius 1 is 1.20 bits per heavy atom. The van der Waals surface area contributed by atoms with E-state index >= 15 is 0 Å². The first-order valence-electron chi connectivity index (χ1n) is 7.81. The van der Waals surface area contributed by atoms with Gasteiger partial charge in [0.1, 0.15) is 0 Å². The molecule has 0 bridgehead atoms. The van der Waals surface area contributed by atoms with Gasteiger partial charge >= 0.3 is 0 Å². The molecule has 0 radical (unpaired) electrons. The van der Waals surface area contributed by atoms with Gasteiger partial charge in [0.05, 0.1) is 0 Å². The summed E-state index contributed by atoms with van der Waals surface area (Å²) in [4.78, 5) is 2.50. The van der Waals surface area contributed by atoms with Crippen molar-refractivity contribution >= 4 is 21.6 Å². The predicted octanol–water partition coefficient (Wildman–Crippen LogP) is 4.99. The van der Waals surface area contributed by atoms with Crippen LogP contribution in [0.4, 0.5) is 5.69 Å². The van der Waals surface area contributed by atoms with Crippen LogP contribution in [0.15, 0.2) is 22.7 Å². The van der Waals surface area contributed by atoms with Crippen molar-refractivity contribution in [1.29, 1.82) is 0 Å². The normalized spacial score (nSPS) is 14.1. The van der Waals surface area contributed by atoms with Gasteiger partial charge in [0.15, 0.2) is 0 Å². The van der Waals surface area contributed by atoms with Gasteiger partial charge in [0.2, 0.25) is 0 Å². The van der Waals surface area contributed by atoms with E-state index in [1.54, 1.807) is 0 Å². The van der Waals surface area contributed by atoms with Crippen molar-refractivity contribution in [3.8, 4) is 0 Å². The molecule has 0 aliphatic carbocycles. The Hall–Kier alpha value is -0.540. The van der Waals surface area contributed by atoms with Gasteiger partial charge < -0.3 is 10.2 Å². The fraction of sp³-hybridized carbons (Fsp3) is 0.647. The van der Waals surface area contributed by atoms with E-state index in [1.807, 2.05) is 0 Å². The lowest BCUT2D eigenvalue weighted by molar-refractivity contribution is 0.542. The number of hydrogen-bond donors (Lipinski definition) is 1. The number of nitrogens with zero attached hydrogens (tertiary/aromatic N) is 1. The van der Waals surface area contributed by atoms with Gasteiger partial charge in [-0.25, -0.2) is 0 Å². The molecule has 1 rings (SSSR count). The zero-order valence-electron chi connectivity index (χ0n) is 13.5. The van der Waals surface area contributed by atoms with Crippen LogP contribution in [0.25, 0.3) is 0 Å². The molecule has 1 N–H and O–H groups in total. The molecule has 2 nitrogen and oxygen atoms in total. The van der Waals surface area contributed by atoms with Crippen molar-refractivity contribution < 1.29 is 0 Å². The van der Waals surface area contributed by atoms with E-state index in [-0.39, 0.29) is 0 Å². The van der Waals surface area contributed by atoms with Crippen molar-refractivity contribution in [2.24, 2.45) is 5.92 Å². The Bertz CT molecular complexity index is 406. The molecule has 1 aromatic rings. The van der Waals surface area contributed by atoms with Gasteiger partial charge in [0, 0.05) is 29.3 Å². The van der Waals surface area contributed by atoms with E-state index in [4.69, 9.17) is 0 Å². The summed E-state index contributed by atoms with van der Waals surface area (Å²) in [5.41, 5.74) is 2.75. The summed E-state index contributed by atoms with van der Waals surface area (Å²) in [7, 11) is 0. The molecule has 0 aromatic heterocycles. The van der Waals surface area contributed by atoms with Gasteiger partial charge in [0.25, 0.3) is 0 Å². The molecule has 3 heteroatoms. The van der Waals surface area contributed by atoms with E-state index < -0.39 is 0 Å². The SMILES string of the molecule is CCNC(C)c1cc(Br)ccc1N(CC)CC(C)CC. The first-order chi connectivity index (χ1) is 9.53. The third-order valence-electron chi connectivity index (χ3n) is 3.92. The van der Waals surface area contributed by atoms with Crippen molar-refractivity contribution in [2.45, 2.75) is 47.1 Å². The second-order valence-electron chi connectivity index (χ2n) is 5.53. The highest BCUT2D eigenvalue weighted by molar-refractivity contribution is 9.10. The van der Waals surface area contributed by atoms with Gasteiger partial charge in [-0.1, -0.05) is 43.1 Å². The van der Waals surface area contributed by atoms with Gasteiger partial charge in [-0.05, 0) is 50.1 Å². The number of nitrogens with one attached hydrogen (secondary N) is 1. The topological polar surface area (TPSA) is 15.3 Å². The molecule has 20 heavy (non-hydrogen) atoms. The van der Waals surface area contributed by atoms with Gasteiger partial charge in [-0.15, -0.1) is 0 Å². The summed E-state index contributed by atoms with van der Waals surface area (Å²) >= 11 is 3.60. The van der Waals surface area contributed by atoms with Crippen molar-refractivity contribution in [2.75, 3.05) is 24.5 Å². The number of halogens is 1. The molecular weight excluding hydrogens is 312 g/mol. The molecule has 0 fully saturated rings. The lowest BCUT2D eigenvalue weighted by Gasteiger charge is -2.30. The second kappa shape index (κ2) is 8.68. The highest BCUT2D eigenvalue weighted by atomic mass is 79.9. The van der Waals surface area contributed by atoms with Crippen LogP contribution in [0, 0.1) is 5.92 Å². The maximum atomic E-state index is 3.60. The van der Waals surface area contributed by atoms with Crippen LogP contribution in [-0.4, -0.2) is 19.6 Å². The molecule has 114 valence electrons. The fourth-order valence-corrected chi connectivity index (χ4v) is 2.86. The average Bonchev–Trinajstić information content (AvgIpc) is 2.45. The second-order valence-corrected chi connectivity index (χ2v) is 6.45. The molecule has 0 saturated carbocycles. The molecule has 0 spiro atoms. The van der Waals surface area contributed by atoms with Crippen LogP contribution in [0.3, 0.4) is 0 Å². The summed E-state index contributed by atoms with van der Waals surface area (Å²) in [6.07, 6.45) is 1.23. The maximum Gasteiger partial charge on any atom is 0.0415 e. The van der Waals surface area contributed by atoms with Crippen LogP contribution in [0.5, 0.6) is 0 Å². The minimum absolute atomic E-state index is 0.374. The standard InChI is InChI=1S/C17H29BrN2/c1-6-13(4)12-20(8-3)17-10-9-15(18)11-16(17)14(5)19-7-2/h9-11,13-14,19H,6-8,12H2,1-5H3. The molecule has 0 saturated heterocycles. The van der Waals surface area contributed by atoms with Crippen LogP contribution < -0.4 is 10.2 Å². The minimum atomic E-state index is 0.374. The highest BCUT2D eigenvalue weighted by Crippen LogP contribution is 2.30. The Morgan fingerprint density at radius 3 is 2.45 bits per heavy atom.